The highest BCUT2D eigenvalue weighted by Gasteiger charge is 2.45. The molecule has 0 bridgehead atoms. The van der Waals surface area contributed by atoms with Gasteiger partial charge in [0.1, 0.15) is 0 Å². The lowest BCUT2D eigenvalue weighted by Gasteiger charge is -2.43. The van der Waals surface area contributed by atoms with Gasteiger partial charge in [0.05, 0.1) is 6.10 Å². The second-order valence-corrected chi connectivity index (χ2v) is 14.0. The summed E-state index contributed by atoms with van der Waals surface area (Å²) >= 11 is 0. The summed E-state index contributed by atoms with van der Waals surface area (Å²) in [6, 6.07) is 0. The summed E-state index contributed by atoms with van der Waals surface area (Å²) in [5.41, 5.74) is 2.92. The molecule has 0 spiro atoms. The molecular formula is C22H42O2Si. The number of rotatable bonds is 13. The molecule has 0 aliphatic heterocycles. The van der Waals surface area contributed by atoms with Gasteiger partial charge in [-0.25, -0.2) is 0 Å². The molecule has 0 fully saturated rings. The maximum absolute atomic E-state index is 10.5. The molecule has 0 saturated heterocycles. The zero-order valence-electron chi connectivity index (χ0n) is 17.8. The van der Waals surface area contributed by atoms with Crippen LogP contribution in [0.4, 0.5) is 0 Å². The van der Waals surface area contributed by atoms with Crippen molar-refractivity contribution in [1.82, 2.24) is 0 Å². The number of allylic oxidation sites excluding steroid dienone is 1. The molecule has 0 amide bonds. The summed E-state index contributed by atoms with van der Waals surface area (Å²) in [4.78, 5) is 0. The van der Waals surface area contributed by atoms with Crippen LogP contribution < -0.4 is 0 Å². The molecule has 3 heteroatoms. The molecule has 0 aromatic heterocycles. The fourth-order valence-electron chi connectivity index (χ4n) is 4.09. The lowest BCUT2D eigenvalue weighted by Crippen LogP contribution is -2.49. The second kappa shape index (κ2) is 11.9. The van der Waals surface area contributed by atoms with Crippen molar-refractivity contribution in [1.29, 1.82) is 0 Å². The van der Waals surface area contributed by atoms with Crippen molar-refractivity contribution in [2.45, 2.75) is 103 Å². The van der Waals surface area contributed by atoms with Crippen LogP contribution in [-0.2, 0) is 4.43 Å². The number of unbranched alkanes of at least 4 members (excludes halogenated alkanes) is 1. The number of aliphatic hydroxyl groups excluding tert-OH is 1. The van der Waals surface area contributed by atoms with Crippen molar-refractivity contribution in [3.8, 4) is 12.3 Å². The van der Waals surface area contributed by atoms with Crippen LogP contribution in [0.1, 0.15) is 80.6 Å². The molecule has 0 aromatic rings. The van der Waals surface area contributed by atoms with Crippen LogP contribution >= 0.6 is 0 Å². The first-order valence-corrected chi connectivity index (χ1v) is 12.2. The topological polar surface area (TPSA) is 29.5 Å². The third-order valence-electron chi connectivity index (χ3n) is 5.61. The Morgan fingerprint density at radius 1 is 1.04 bits per heavy atom. The van der Waals surface area contributed by atoms with Crippen molar-refractivity contribution in [2.75, 3.05) is 6.61 Å². The molecule has 0 radical (unpaired) electrons. The maximum atomic E-state index is 10.5. The predicted octanol–water partition coefficient (Wildman–Crippen LogP) is 6.32. The van der Waals surface area contributed by atoms with Gasteiger partial charge in [0.15, 0.2) is 8.32 Å². The normalized spacial score (nSPS) is 14.8. The van der Waals surface area contributed by atoms with Crippen molar-refractivity contribution >= 4 is 8.32 Å². The van der Waals surface area contributed by atoms with Gasteiger partial charge in [-0.05, 0) is 42.3 Å². The Morgan fingerprint density at radius 3 is 2.00 bits per heavy atom. The fraction of sp³-hybridized carbons (Fsp3) is 0.818. The van der Waals surface area contributed by atoms with Gasteiger partial charge >= 0.3 is 0 Å². The van der Waals surface area contributed by atoms with E-state index in [1.807, 2.05) is 0 Å². The van der Waals surface area contributed by atoms with Gasteiger partial charge in [-0.15, -0.1) is 12.3 Å². The Bertz CT molecular complexity index is 398. The first kappa shape index (κ1) is 24.4. The van der Waals surface area contributed by atoms with Gasteiger partial charge < -0.3 is 9.53 Å². The van der Waals surface area contributed by atoms with Crippen molar-refractivity contribution in [3.63, 3.8) is 0 Å². The zero-order chi connectivity index (χ0) is 19.6. The monoisotopic (exact) mass is 366 g/mol. The second-order valence-electron chi connectivity index (χ2n) is 8.52. The van der Waals surface area contributed by atoms with Gasteiger partial charge in [-0.2, -0.15) is 0 Å². The maximum Gasteiger partial charge on any atom is 0.200 e. The third-order valence-corrected chi connectivity index (χ3v) is 11.7. The number of terminal acetylenes is 1. The summed E-state index contributed by atoms with van der Waals surface area (Å²) in [5, 5.41) is 10.5. The van der Waals surface area contributed by atoms with E-state index in [9.17, 15) is 5.11 Å². The number of aliphatic hydroxyl groups is 1. The summed E-state index contributed by atoms with van der Waals surface area (Å²) < 4.78 is 6.62. The van der Waals surface area contributed by atoms with Crippen molar-refractivity contribution < 1.29 is 9.53 Å². The molecule has 2 nitrogen and oxygen atoms in total. The van der Waals surface area contributed by atoms with Crippen LogP contribution in [0.5, 0.6) is 0 Å². The molecule has 0 aromatic carbocycles. The molecule has 0 aliphatic carbocycles. The van der Waals surface area contributed by atoms with E-state index in [0.29, 0.717) is 23.2 Å². The Labute approximate surface area is 158 Å². The van der Waals surface area contributed by atoms with Crippen LogP contribution in [0.25, 0.3) is 0 Å². The molecule has 25 heavy (non-hydrogen) atoms. The SMILES string of the molecule is C#CCCCC(=C)CC[C@@H](O)[C@@H](C)CO[Si](C(C)C)(C(C)C)C(C)C. The average molecular weight is 367 g/mol. The summed E-state index contributed by atoms with van der Waals surface area (Å²) in [5.74, 6) is 2.82. The van der Waals surface area contributed by atoms with Gasteiger partial charge in [-0.3, -0.25) is 0 Å². The minimum Gasteiger partial charge on any atom is -0.416 e. The highest BCUT2D eigenvalue weighted by atomic mass is 28.4. The first-order valence-electron chi connectivity index (χ1n) is 10.0. The number of hydrogen-bond donors (Lipinski definition) is 1. The lowest BCUT2D eigenvalue weighted by atomic mass is 9.97. The molecule has 0 aliphatic rings. The molecule has 0 saturated carbocycles. The first-order chi connectivity index (χ1) is 11.6. The molecule has 0 rings (SSSR count). The fourth-order valence-corrected chi connectivity index (χ4v) is 9.64. The highest BCUT2D eigenvalue weighted by Crippen LogP contribution is 2.42. The zero-order valence-corrected chi connectivity index (χ0v) is 18.8. The van der Waals surface area contributed by atoms with Crippen LogP contribution in [0, 0.1) is 18.3 Å². The Hall–Kier alpha value is -0.563. The van der Waals surface area contributed by atoms with Gasteiger partial charge in [0, 0.05) is 18.9 Å². The van der Waals surface area contributed by atoms with Crippen LogP contribution in [0.2, 0.25) is 16.6 Å². The average Bonchev–Trinajstić information content (AvgIpc) is 2.52. The standard InChI is InChI=1S/C22H42O2Si/c1-10-11-12-13-20(8)14-15-22(23)21(9)16-24-25(17(2)3,18(4)5)19(6)7/h1,17-19,21-23H,8,11-16H2,2-7,9H3/t21-,22+/m0/s1. The summed E-state index contributed by atoms with van der Waals surface area (Å²) in [6.45, 7) is 20.7. The highest BCUT2D eigenvalue weighted by molar-refractivity contribution is 6.77. The van der Waals surface area contributed by atoms with E-state index in [4.69, 9.17) is 10.8 Å². The van der Waals surface area contributed by atoms with Gasteiger partial charge in [0.2, 0.25) is 0 Å². The molecule has 1 N–H and O–H groups in total. The van der Waals surface area contributed by atoms with E-state index in [1.165, 1.54) is 5.57 Å². The molecule has 0 unspecified atom stereocenters. The van der Waals surface area contributed by atoms with E-state index >= 15 is 0 Å². The molecule has 146 valence electrons. The largest absolute Gasteiger partial charge is 0.416 e. The van der Waals surface area contributed by atoms with E-state index in [-0.39, 0.29) is 12.0 Å². The Kier molecular flexibility index (Phi) is 11.7. The minimum atomic E-state index is -1.85. The van der Waals surface area contributed by atoms with Crippen LogP contribution in [-0.4, -0.2) is 26.1 Å². The Balaban J connectivity index is 4.53. The summed E-state index contributed by atoms with van der Waals surface area (Å²) in [6.07, 6.45) is 9.35. The molecule has 0 heterocycles. The van der Waals surface area contributed by atoms with Crippen molar-refractivity contribution in [3.05, 3.63) is 12.2 Å². The minimum absolute atomic E-state index is 0.154. The predicted molar refractivity (Wildman–Crippen MR) is 113 cm³/mol. The van der Waals surface area contributed by atoms with E-state index in [1.54, 1.807) is 0 Å². The van der Waals surface area contributed by atoms with Gasteiger partial charge in [0.25, 0.3) is 0 Å². The van der Waals surface area contributed by atoms with E-state index < -0.39 is 8.32 Å². The van der Waals surface area contributed by atoms with E-state index in [0.717, 1.165) is 32.1 Å². The third kappa shape index (κ3) is 7.68. The molecular weight excluding hydrogens is 324 g/mol. The van der Waals surface area contributed by atoms with Crippen molar-refractivity contribution in [2.24, 2.45) is 5.92 Å². The van der Waals surface area contributed by atoms with Crippen LogP contribution in [0.15, 0.2) is 12.2 Å². The van der Waals surface area contributed by atoms with E-state index in [2.05, 4.69) is 61.0 Å². The lowest BCUT2D eigenvalue weighted by molar-refractivity contribution is 0.0723. The quantitative estimate of drug-likeness (QED) is 0.179. The number of hydrogen-bond acceptors (Lipinski definition) is 2. The smallest absolute Gasteiger partial charge is 0.200 e. The summed E-state index contributed by atoms with van der Waals surface area (Å²) in [7, 11) is -1.85. The Morgan fingerprint density at radius 2 is 1.56 bits per heavy atom. The van der Waals surface area contributed by atoms with Gasteiger partial charge in [-0.1, -0.05) is 60.6 Å². The van der Waals surface area contributed by atoms with Crippen LogP contribution in [0.3, 0.4) is 0 Å². The molecule has 2 atom stereocenters.